The third kappa shape index (κ3) is 5.18. The maximum atomic E-state index is 13.4. The van der Waals surface area contributed by atoms with E-state index < -0.39 is 36.7 Å². The Kier molecular flexibility index (Phi) is 6.67. The van der Waals surface area contributed by atoms with Crippen LogP contribution in [0.1, 0.15) is 47.6 Å². The van der Waals surface area contributed by atoms with Crippen molar-refractivity contribution in [3.8, 4) is 11.4 Å². The van der Waals surface area contributed by atoms with Crippen molar-refractivity contribution in [1.82, 2.24) is 29.6 Å². The summed E-state index contributed by atoms with van der Waals surface area (Å²) in [7, 11) is 0. The maximum absolute atomic E-state index is 13.4. The smallest absolute Gasteiger partial charge is 0.384 e. The molecule has 0 aromatic carbocycles. The molecule has 0 bridgehead atoms. The number of nitrogens with one attached hydrogen (secondary N) is 1. The van der Waals surface area contributed by atoms with Gasteiger partial charge in [-0.15, -0.1) is 0 Å². The minimum absolute atomic E-state index is 0.0641. The summed E-state index contributed by atoms with van der Waals surface area (Å²) in [5, 5.41) is 21.1. The summed E-state index contributed by atoms with van der Waals surface area (Å²) in [5.41, 5.74) is 0.807. The van der Waals surface area contributed by atoms with Crippen LogP contribution < -0.4 is 10.2 Å². The van der Waals surface area contributed by atoms with Crippen LogP contribution in [0.15, 0.2) is 41.3 Å². The third-order valence-corrected chi connectivity index (χ3v) is 9.26. The van der Waals surface area contributed by atoms with Crippen LogP contribution in [-0.4, -0.2) is 91.1 Å². The molecule has 11 nitrogen and oxygen atoms in total. The second kappa shape index (κ2) is 10.2. The predicted octanol–water partition coefficient (Wildman–Crippen LogP) is 4.29. The first kappa shape index (κ1) is 29.5. The number of aromatic nitrogens is 5. The van der Waals surface area contributed by atoms with Crippen molar-refractivity contribution in [2.45, 2.75) is 56.9 Å². The average molecular weight is 633 g/mol. The predicted molar refractivity (Wildman–Crippen MR) is 150 cm³/mol. The lowest BCUT2D eigenvalue weighted by Gasteiger charge is -2.62. The van der Waals surface area contributed by atoms with Gasteiger partial charge in [-0.05, 0) is 44.9 Å². The van der Waals surface area contributed by atoms with Crippen molar-refractivity contribution in [3.05, 3.63) is 53.9 Å². The molecule has 1 spiro atoms. The molecule has 238 valence electrons. The number of pyridine rings is 2. The Labute approximate surface area is 253 Å². The van der Waals surface area contributed by atoms with E-state index in [-0.39, 0.29) is 42.4 Å². The van der Waals surface area contributed by atoms with Crippen molar-refractivity contribution in [1.29, 1.82) is 0 Å². The number of carbonyl (C=O) groups excluding carboxylic acids is 1. The molecule has 2 atom stereocenters. The number of fused-ring (bicyclic) bond motifs is 1. The maximum Gasteiger partial charge on any atom is 0.401 e. The quantitative estimate of drug-likeness (QED) is 0.287. The summed E-state index contributed by atoms with van der Waals surface area (Å²) >= 11 is 0. The van der Waals surface area contributed by atoms with Crippen LogP contribution in [0.3, 0.4) is 0 Å². The van der Waals surface area contributed by atoms with Crippen molar-refractivity contribution < 1.29 is 36.4 Å². The Morgan fingerprint density at radius 1 is 1.22 bits per heavy atom. The van der Waals surface area contributed by atoms with Crippen molar-refractivity contribution >= 4 is 22.8 Å². The number of likely N-dealkylation sites (tertiary alicyclic amines) is 1. The lowest BCUT2D eigenvalue weighted by Crippen LogP contribution is -2.70. The molecule has 7 rings (SSSR count). The highest BCUT2D eigenvalue weighted by molar-refractivity contribution is 6.09. The topological polar surface area (TPSA) is 125 Å². The SMILES string of the molecule is Cc1ncc(-c2noc([C@H]3CN(CC(F)(F)F)[C@@H]3C)n2)cc1NC(=O)c1cnn2ccc(N3CC4(C3)CC(O)(C(F)F)C4)cc12. The summed E-state index contributed by atoms with van der Waals surface area (Å²) in [4.78, 5) is 25.5. The molecule has 2 aliphatic heterocycles. The molecule has 6 heterocycles. The van der Waals surface area contributed by atoms with Crippen LogP contribution in [0, 0.1) is 12.3 Å². The number of aliphatic hydroxyl groups is 1. The molecular weight excluding hydrogens is 603 g/mol. The number of aryl methyl sites for hydroxylation is 1. The molecule has 4 aromatic heterocycles. The Morgan fingerprint density at radius 2 is 1.98 bits per heavy atom. The second-order valence-corrected chi connectivity index (χ2v) is 12.5. The molecule has 0 unspecified atom stereocenters. The monoisotopic (exact) mass is 632 g/mol. The van der Waals surface area contributed by atoms with Gasteiger partial charge in [0.15, 0.2) is 0 Å². The Balaban J connectivity index is 1.04. The van der Waals surface area contributed by atoms with Crippen LogP contribution in [-0.2, 0) is 0 Å². The molecule has 3 fully saturated rings. The number of hydrogen-bond acceptors (Lipinski definition) is 9. The lowest BCUT2D eigenvalue weighted by atomic mass is 9.55. The minimum Gasteiger partial charge on any atom is -0.384 e. The fraction of sp³-hybridized carbons (Fsp3) is 0.483. The highest BCUT2D eigenvalue weighted by Gasteiger charge is 2.63. The molecule has 0 radical (unpaired) electrons. The fourth-order valence-electron chi connectivity index (χ4n) is 6.80. The Hall–Kier alpha value is -4.18. The molecule has 1 aliphatic carbocycles. The average Bonchev–Trinajstić information content (AvgIpc) is 3.59. The van der Waals surface area contributed by atoms with E-state index in [2.05, 4.69) is 25.5 Å². The van der Waals surface area contributed by atoms with E-state index >= 15 is 0 Å². The first-order valence-electron chi connectivity index (χ1n) is 14.4. The van der Waals surface area contributed by atoms with E-state index in [4.69, 9.17) is 4.52 Å². The highest BCUT2D eigenvalue weighted by atomic mass is 19.4. The molecule has 2 N–H and O–H groups in total. The van der Waals surface area contributed by atoms with E-state index in [1.165, 1.54) is 17.3 Å². The minimum atomic E-state index is -4.29. The van der Waals surface area contributed by atoms with Gasteiger partial charge in [0, 0.05) is 54.7 Å². The lowest BCUT2D eigenvalue weighted by molar-refractivity contribution is -0.209. The zero-order valence-corrected chi connectivity index (χ0v) is 24.2. The first-order valence-corrected chi connectivity index (χ1v) is 14.4. The van der Waals surface area contributed by atoms with Crippen LogP contribution in [0.5, 0.6) is 0 Å². The molecule has 45 heavy (non-hydrogen) atoms. The van der Waals surface area contributed by atoms with Gasteiger partial charge >= 0.3 is 6.18 Å². The molecule has 2 saturated heterocycles. The standard InChI is InChI=1S/C29H29F5N8O3/c1-15-21(5-17(7-35-15)23-38-25(45-39-23)20-9-40(16(20)2)14-29(32,33)34)37-24(43)19-8-36-42-4-3-18(6-22(19)42)41-12-27(13-41)10-28(44,11-27)26(30)31/h3-8,16,20,26,44H,9-14H2,1-2H3,(H,37,43)/t16-,20+/m1/s1. The summed E-state index contributed by atoms with van der Waals surface area (Å²) in [6.07, 6.45) is -2.24. The normalized spacial score (nSPS) is 22.4. The number of nitrogens with zero attached hydrogens (tertiary/aromatic N) is 7. The van der Waals surface area contributed by atoms with Gasteiger partial charge in [-0.3, -0.25) is 14.7 Å². The number of anilines is 2. The summed E-state index contributed by atoms with van der Waals surface area (Å²) < 4.78 is 71.4. The van der Waals surface area contributed by atoms with Crippen LogP contribution >= 0.6 is 0 Å². The zero-order chi connectivity index (χ0) is 31.9. The van der Waals surface area contributed by atoms with Gasteiger partial charge in [0.1, 0.15) is 5.60 Å². The first-order chi connectivity index (χ1) is 21.2. The van der Waals surface area contributed by atoms with E-state index in [1.54, 1.807) is 30.6 Å². The highest BCUT2D eigenvalue weighted by Crippen LogP contribution is 2.57. The molecule has 16 heteroatoms. The zero-order valence-electron chi connectivity index (χ0n) is 24.2. The summed E-state index contributed by atoms with van der Waals surface area (Å²) in [6.45, 7) is 3.62. The van der Waals surface area contributed by atoms with E-state index in [0.29, 0.717) is 41.1 Å². The van der Waals surface area contributed by atoms with Gasteiger partial charge in [-0.25, -0.2) is 13.3 Å². The largest absolute Gasteiger partial charge is 0.401 e. The fourth-order valence-corrected chi connectivity index (χ4v) is 6.80. The van der Waals surface area contributed by atoms with Crippen LogP contribution in [0.4, 0.5) is 33.3 Å². The van der Waals surface area contributed by atoms with E-state index in [1.807, 2.05) is 17.0 Å². The van der Waals surface area contributed by atoms with Crippen molar-refractivity contribution in [3.63, 3.8) is 0 Å². The third-order valence-electron chi connectivity index (χ3n) is 9.26. The Bertz CT molecular complexity index is 1770. The number of halogens is 5. The molecular formula is C29H29F5N8O3. The van der Waals surface area contributed by atoms with Crippen LogP contribution in [0.2, 0.25) is 0 Å². The number of hydrogen-bond donors (Lipinski definition) is 2. The number of carbonyl (C=O) groups is 1. The van der Waals surface area contributed by atoms with Gasteiger partial charge in [-0.1, -0.05) is 5.16 Å². The molecule has 1 saturated carbocycles. The van der Waals surface area contributed by atoms with Crippen molar-refractivity contribution in [2.75, 3.05) is 36.4 Å². The number of alkyl halides is 5. The van der Waals surface area contributed by atoms with E-state index in [0.717, 1.165) is 5.69 Å². The second-order valence-electron chi connectivity index (χ2n) is 12.5. The van der Waals surface area contributed by atoms with Gasteiger partial charge in [0.25, 0.3) is 12.3 Å². The molecule has 4 aromatic rings. The van der Waals surface area contributed by atoms with Gasteiger partial charge in [0.2, 0.25) is 11.7 Å². The number of rotatable bonds is 7. The van der Waals surface area contributed by atoms with Gasteiger partial charge in [-0.2, -0.15) is 23.3 Å². The molecule has 3 aliphatic rings. The Morgan fingerprint density at radius 3 is 2.67 bits per heavy atom. The van der Waals surface area contributed by atoms with Gasteiger partial charge in [0.05, 0.1) is 41.1 Å². The van der Waals surface area contributed by atoms with E-state index in [9.17, 15) is 31.9 Å². The van der Waals surface area contributed by atoms with Gasteiger partial charge < -0.3 is 19.8 Å². The summed E-state index contributed by atoms with van der Waals surface area (Å²) in [6, 6.07) is 4.88. The number of amides is 1. The van der Waals surface area contributed by atoms with Crippen LogP contribution in [0.25, 0.3) is 16.9 Å². The summed E-state index contributed by atoms with van der Waals surface area (Å²) in [5.74, 6) is -0.338. The molecule has 1 amide bonds. The van der Waals surface area contributed by atoms with Crippen molar-refractivity contribution in [2.24, 2.45) is 5.41 Å².